The lowest BCUT2D eigenvalue weighted by Crippen LogP contribution is -2.27. The predicted octanol–water partition coefficient (Wildman–Crippen LogP) is 2.18. The first-order valence-electron chi connectivity index (χ1n) is 11.8. The van der Waals surface area contributed by atoms with E-state index in [9.17, 15) is 18.6 Å². The molecule has 4 aromatic rings. The number of rotatable bonds is 6. The van der Waals surface area contributed by atoms with Crippen LogP contribution in [-0.2, 0) is 16.5 Å². The molecule has 0 amide bonds. The second-order valence-corrected chi connectivity index (χ2v) is 10.3. The number of nitrogens with one attached hydrogen (secondary N) is 1. The van der Waals surface area contributed by atoms with E-state index in [1.165, 1.54) is 12.1 Å². The van der Waals surface area contributed by atoms with Crippen LogP contribution in [0.5, 0.6) is 0 Å². The molecule has 1 saturated carbocycles. The van der Waals surface area contributed by atoms with Crippen LogP contribution in [-0.4, -0.2) is 61.5 Å². The van der Waals surface area contributed by atoms with Crippen molar-refractivity contribution < 1.29 is 23.2 Å². The van der Waals surface area contributed by atoms with E-state index in [0.717, 1.165) is 11.1 Å². The molecule has 1 aliphatic rings. The Morgan fingerprint density at radius 3 is 2.43 bits per heavy atom. The summed E-state index contributed by atoms with van der Waals surface area (Å²) in [5, 5.41) is 23.8. The van der Waals surface area contributed by atoms with Crippen LogP contribution >= 0.6 is 0 Å². The Bertz CT molecular complexity index is 1580. The van der Waals surface area contributed by atoms with E-state index in [1.807, 2.05) is 30.3 Å². The van der Waals surface area contributed by atoms with Crippen molar-refractivity contribution in [3.05, 3.63) is 77.9 Å². The predicted molar refractivity (Wildman–Crippen MR) is 136 cm³/mol. The maximum Gasteiger partial charge on any atom is 0.294 e. The van der Waals surface area contributed by atoms with Crippen molar-refractivity contribution in [3.63, 3.8) is 0 Å². The van der Waals surface area contributed by atoms with Crippen LogP contribution in [0.25, 0.3) is 11.2 Å². The first-order chi connectivity index (χ1) is 17.8. The topological polar surface area (TPSA) is 150 Å². The fourth-order valence-electron chi connectivity index (χ4n) is 4.38. The molecule has 1 aliphatic carbocycles. The van der Waals surface area contributed by atoms with Gasteiger partial charge in [0.2, 0.25) is 5.82 Å². The summed E-state index contributed by atoms with van der Waals surface area (Å²) >= 11 is 0. The Morgan fingerprint density at radius 2 is 1.76 bits per heavy atom. The number of aromatic nitrogens is 4. The Labute approximate surface area is 213 Å². The molecule has 2 heterocycles. The summed E-state index contributed by atoms with van der Waals surface area (Å²) in [6.45, 7) is 0.459. The highest BCUT2D eigenvalue weighted by Gasteiger charge is 2.35. The van der Waals surface area contributed by atoms with Gasteiger partial charge in [-0.25, -0.2) is 15.0 Å². The second kappa shape index (κ2) is 10.3. The van der Waals surface area contributed by atoms with E-state index < -0.39 is 22.3 Å². The summed E-state index contributed by atoms with van der Waals surface area (Å²) in [5.41, 5.74) is 2.70. The largest absolute Gasteiger partial charge is 0.390 e. The molecule has 10 nitrogen and oxygen atoms in total. The minimum Gasteiger partial charge on any atom is -0.390 e. The van der Waals surface area contributed by atoms with E-state index in [2.05, 4.69) is 32.1 Å². The third kappa shape index (κ3) is 5.47. The maximum atomic E-state index is 11.3. The highest BCUT2D eigenvalue weighted by Crippen LogP contribution is 2.33. The van der Waals surface area contributed by atoms with Crippen LogP contribution in [0.4, 0.5) is 5.82 Å². The molecule has 0 unspecified atom stereocenters. The van der Waals surface area contributed by atoms with Gasteiger partial charge in [0.15, 0.2) is 17.0 Å². The van der Waals surface area contributed by atoms with Gasteiger partial charge >= 0.3 is 0 Å². The molecule has 0 bridgehead atoms. The minimum atomic E-state index is -4.24. The van der Waals surface area contributed by atoms with Crippen molar-refractivity contribution in [3.8, 4) is 11.8 Å². The van der Waals surface area contributed by atoms with Gasteiger partial charge in [0.05, 0.1) is 23.4 Å². The van der Waals surface area contributed by atoms with Gasteiger partial charge < -0.3 is 20.1 Å². The van der Waals surface area contributed by atoms with Crippen molar-refractivity contribution in [1.82, 2.24) is 19.5 Å². The van der Waals surface area contributed by atoms with Gasteiger partial charge in [-0.3, -0.25) is 4.55 Å². The lowest BCUT2D eigenvalue weighted by atomic mass is 10.1. The van der Waals surface area contributed by atoms with Gasteiger partial charge in [0.25, 0.3) is 10.1 Å². The molecule has 190 valence electrons. The monoisotopic (exact) mass is 519 g/mol. The molecule has 4 N–H and O–H groups in total. The number of anilines is 1. The van der Waals surface area contributed by atoms with Crippen molar-refractivity contribution in [2.24, 2.45) is 0 Å². The number of nitrogens with zero attached hydrogens (tertiary/aromatic N) is 4. The maximum absolute atomic E-state index is 11.3. The Hall–Kier alpha value is -3.82. The highest BCUT2D eigenvalue weighted by atomic mass is 32.2. The summed E-state index contributed by atoms with van der Waals surface area (Å²) in [5.74, 6) is 6.82. The van der Waals surface area contributed by atoms with Crippen LogP contribution in [0.3, 0.4) is 0 Å². The summed E-state index contributed by atoms with van der Waals surface area (Å²) in [7, 11) is -4.24. The summed E-state index contributed by atoms with van der Waals surface area (Å²) in [4.78, 5) is 13.5. The van der Waals surface area contributed by atoms with E-state index in [1.54, 1.807) is 23.0 Å². The van der Waals surface area contributed by atoms with Crippen LogP contribution in [0.15, 0.2) is 65.8 Å². The molecule has 0 saturated heterocycles. The van der Waals surface area contributed by atoms with E-state index in [0.29, 0.717) is 42.8 Å². The summed E-state index contributed by atoms with van der Waals surface area (Å²) in [6.07, 6.45) is 1.50. The molecule has 37 heavy (non-hydrogen) atoms. The SMILES string of the molecule is O=S(=O)(O)c1ccc(CCNc2nc(C#Cc3ccccc3)nc3c2ncn3[C@@H]2CC[C@@H](O)[C@H]2O)cc1. The average Bonchev–Trinajstić information content (AvgIpc) is 3.46. The number of hydrogen-bond acceptors (Lipinski definition) is 8. The molecule has 11 heteroatoms. The zero-order chi connectivity index (χ0) is 26.0. The number of hydrogen-bond donors (Lipinski definition) is 4. The lowest BCUT2D eigenvalue weighted by Gasteiger charge is -2.18. The minimum absolute atomic E-state index is 0.159. The first-order valence-corrected chi connectivity index (χ1v) is 13.2. The lowest BCUT2D eigenvalue weighted by molar-refractivity contribution is 0.0241. The Balaban J connectivity index is 1.44. The quantitative estimate of drug-likeness (QED) is 0.222. The van der Waals surface area contributed by atoms with Gasteiger partial charge in [-0.15, -0.1) is 0 Å². The third-order valence-corrected chi connectivity index (χ3v) is 7.21. The molecule has 1 fully saturated rings. The molecule has 5 rings (SSSR count). The molecule has 2 aromatic carbocycles. The molecule has 2 aromatic heterocycles. The van der Waals surface area contributed by atoms with Crippen LogP contribution in [0, 0.1) is 11.8 Å². The molecule has 3 atom stereocenters. The fraction of sp³-hybridized carbons (Fsp3) is 0.269. The van der Waals surface area contributed by atoms with Gasteiger partial charge in [0, 0.05) is 12.1 Å². The number of aliphatic hydroxyl groups is 2. The smallest absolute Gasteiger partial charge is 0.294 e. The highest BCUT2D eigenvalue weighted by molar-refractivity contribution is 7.85. The summed E-state index contributed by atoms with van der Waals surface area (Å²) in [6, 6.07) is 15.1. The molecule has 0 radical (unpaired) electrons. The van der Waals surface area contributed by atoms with Gasteiger partial charge in [0.1, 0.15) is 6.10 Å². The normalized spacial score (nSPS) is 19.5. The third-order valence-electron chi connectivity index (χ3n) is 6.35. The molecule has 0 aliphatic heterocycles. The average molecular weight is 520 g/mol. The molecular formula is C26H25N5O5S. The second-order valence-electron chi connectivity index (χ2n) is 8.83. The van der Waals surface area contributed by atoms with Crippen LogP contribution in [0.2, 0.25) is 0 Å². The molecular weight excluding hydrogens is 494 g/mol. The number of benzene rings is 2. The first kappa shape index (κ1) is 24.9. The van der Waals surface area contributed by atoms with E-state index in [-0.39, 0.29) is 16.8 Å². The van der Waals surface area contributed by atoms with Crippen molar-refractivity contribution in [2.45, 2.75) is 42.4 Å². The van der Waals surface area contributed by atoms with Gasteiger partial charge in [-0.1, -0.05) is 36.3 Å². The van der Waals surface area contributed by atoms with E-state index in [4.69, 9.17) is 4.55 Å². The Kier molecular flexibility index (Phi) is 6.90. The number of aliphatic hydroxyl groups excluding tert-OH is 2. The van der Waals surface area contributed by atoms with Crippen LogP contribution < -0.4 is 5.32 Å². The van der Waals surface area contributed by atoms with E-state index >= 15 is 0 Å². The number of fused-ring (bicyclic) bond motifs is 1. The fourth-order valence-corrected chi connectivity index (χ4v) is 4.86. The van der Waals surface area contributed by atoms with Crippen molar-refractivity contribution in [2.75, 3.05) is 11.9 Å². The van der Waals surface area contributed by atoms with Crippen molar-refractivity contribution >= 4 is 27.1 Å². The van der Waals surface area contributed by atoms with Gasteiger partial charge in [-0.2, -0.15) is 8.42 Å². The standard InChI is InChI=1S/C26H25N5O5S/c32-21-12-11-20(24(21)33)31-16-28-23-25(27-15-14-18-6-9-19(10-7-18)37(34,35)36)29-22(30-26(23)31)13-8-17-4-2-1-3-5-17/h1-7,9-10,16,20-21,24,32-33H,11-12,14-15H2,(H,27,29,30)(H,34,35,36)/t20-,21-,24+/m1/s1. The van der Waals surface area contributed by atoms with Gasteiger partial charge in [-0.05, 0) is 55.0 Å². The van der Waals surface area contributed by atoms with Crippen LogP contribution in [0.1, 0.15) is 35.8 Å². The number of imidazole rings is 1. The molecule has 0 spiro atoms. The zero-order valence-electron chi connectivity index (χ0n) is 19.7. The summed E-state index contributed by atoms with van der Waals surface area (Å²) < 4.78 is 33.4. The van der Waals surface area contributed by atoms with Crippen molar-refractivity contribution in [1.29, 1.82) is 0 Å². The zero-order valence-corrected chi connectivity index (χ0v) is 20.5. The Morgan fingerprint density at radius 1 is 1.00 bits per heavy atom.